The first-order valence-corrected chi connectivity index (χ1v) is 15.9. The molecule has 1 radical (unpaired) electrons. The number of hydrogen-bond acceptors (Lipinski definition) is 4. The number of hydrogen-bond donors (Lipinski definition) is 0. The van der Waals surface area contributed by atoms with E-state index >= 15 is 0 Å². The molecule has 0 atom stereocenters. The van der Waals surface area contributed by atoms with Gasteiger partial charge in [-0.1, -0.05) is 168 Å². The normalized spacial score (nSPS) is 10.4. The van der Waals surface area contributed by atoms with Gasteiger partial charge in [0.15, 0.2) is 0 Å². The molecule has 221 valence electrons. The van der Waals surface area contributed by atoms with Crippen LogP contribution in [0.5, 0.6) is 0 Å². The van der Waals surface area contributed by atoms with Gasteiger partial charge in [-0.25, -0.2) is 0 Å². The molecule has 0 rings (SSSR count). The molecule has 0 aromatic carbocycles. The number of rotatable bonds is 28. The van der Waals surface area contributed by atoms with Crippen LogP contribution in [-0.2, 0) is 26.7 Å². The minimum absolute atomic E-state index is 0. The molecule has 0 aliphatic heterocycles. The summed E-state index contributed by atoms with van der Waals surface area (Å²) in [5, 5.41) is 20.4. The number of aliphatic carboxylic acids is 2. The molecule has 0 spiro atoms. The maximum Gasteiger partial charge on any atom is 2.00 e. The molecule has 0 aromatic heterocycles. The van der Waals surface area contributed by atoms with Crippen molar-refractivity contribution in [1.29, 1.82) is 0 Å². The Kier molecular flexibility index (Phi) is 41.6. The van der Waals surface area contributed by atoms with Gasteiger partial charge in [0.1, 0.15) is 0 Å². The predicted molar refractivity (Wildman–Crippen MR) is 151 cm³/mol. The minimum atomic E-state index is -0.905. The summed E-state index contributed by atoms with van der Waals surface area (Å²) in [6.07, 6.45) is 33.9. The van der Waals surface area contributed by atoms with Gasteiger partial charge < -0.3 is 19.8 Å². The second kappa shape index (κ2) is 37.6. The molecular formula is C32H62MnO4. The summed E-state index contributed by atoms with van der Waals surface area (Å²) in [5.74, 6) is -1.81. The van der Waals surface area contributed by atoms with E-state index in [0.717, 1.165) is 25.7 Å². The van der Waals surface area contributed by atoms with E-state index in [0.29, 0.717) is 0 Å². The van der Waals surface area contributed by atoms with E-state index in [9.17, 15) is 19.8 Å². The van der Waals surface area contributed by atoms with Crippen LogP contribution in [0, 0.1) is 0 Å². The fraction of sp³-hybridized carbons (Fsp3) is 0.938. The van der Waals surface area contributed by atoms with Crippen molar-refractivity contribution < 1.29 is 36.9 Å². The summed E-state index contributed by atoms with van der Waals surface area (Å²) in [7, 11) is 0. The van der Waals surface area contributed by atoms with E-state index in [4.69, 9.17) is 0 Å². The van der Waals surface area contributed by atoms with E-state index in [1.165, 1.54) is 141 Å². The third kappa shape index (κ3) is 45.7. The van der Waals surface area contributed by atoms with Crippen molar-refractivity contribution in [2.45, 2.75) is 194 Å². The monoisotopic (exact) mass is 565 g/mol. The second-order valence-electron chi connectivity index (χ2n) is 10.7. The summed E-state index contributed by atoms with van der Waals surface area (Å²) in [4.78, 5) is 20.4. The third-order valence-corrected chi connectivity index (χ3v) is 6.97. The zero-order chi connectivity index (χ0) is 27.0. The molecule has 0 aromatic rings. The van der Waals surface area contributed by atoms with Crippen molar-refractivity contribution in [3.8, 4) is 0 Å². The standard InChI is InChI=1S/2C16H32O2.Mn/c2*1-2-3-4-5-6-7-8-9-10-11-12-13-14-15-16(17)18;/h2*2-15H2,1H3,(H,17,18);/q;;+2/p-2. The summed E-state index contributed by atoms with van der Waals surface area (Å²) in [6.45, 7) is 4.51. The van der Waals surface area contributed by atoms with Crippen molar-refractivity contribution in [3.63, 3.8) is 0 Å². The molecule has 0 aliphatic carbocycles. The van der Waals surface area contributed by atoms with Crippen LogP contribution in [-0.4, -0.2) is 11.9 Å². The van der Waals surface area contributed by atoms with Crippen molar-refractivity contribution >= 4 is 11.9 Å². The summed E-state index contributed by atoms with van der Waals surface area (Å²) >= 11 is 0. The third-order valence-electron chi connectivity index (χ3n) is 6.97. The Bertz CT molecular complexity index is 403. The Hall–Kier alpha value is -0.541. The summed E-state index contributed by atoms with van der Waals surface area (Å²) in [6, 6.07) is 0. The molecule has 0 saturated heterocycles. The van der Waals surface area contributed by atoms with Gasteiger partial charge in [-0.15, -0.1) is 0 Å². The smallest absolute Gasteiger partial charge is 0.550 e. The Balaban J connectivity index is -0.000000608. The van der Waals surface area contributed by atoms with Crippen LogP contribution < -0.4 is 10.2 Å². The van der Waals surface area contributed by atoms with Crippen molar-refractivity contribution in [2.24, 2.45) is 0 Å². The van der Waals surface area contributed by atoms with E-state index in [1.807, 2.05) is 0 Å². The number of carbonyl (C=O) groups is 2. The summed E-state index contributed by atoms with van der Waals surface area (Å²) < 4.78 is 0. The van der Waals surface area contributed by atoms with Gasteiger partial charge in [0.05, 0.1) is 0 Å². The zero-order valence-corrected chi connectivity index (χ0v) is 26.0. The summed E-state index contributed by atoms with van der Waals surface area (Å²) in [5.41, 5.74) is 0. The molecule has 0 fully saturated rings. The van der Waals surface area contributed by atoms with Crippen LogP contribution in [0.3, 0.4) is 0 Å². The second-order valence-corrected chi connectivity index (χ2v) is 10.7. The maximum atomic E-state index is 10.2. The Morgan fingerprint density at radius 3 is 0.676 bits per heavy atom. The van der Waals surface area contributed by atoms with Crippen LogP contribution in [0.4, 0.5) is 0 Å². The van der Waals surface area contributed by atoms with Gasteiger partial charge in [0.25, 0.3) is 0 Å². The van der Waals surface area contributed by atoms with Crippen LogP contribution in [0.2, 0.25) is 0 Å². The zero-order valence-electron chi connectivity index (χ0n) is 24.8. The van der Waals surface area contributed by atoms with Crippen LogP contribution in [0.1, 0.15) is 194 Å². The maximum absolute atomic E-state index is 10.2. The van der Waals surface area contributed by atoms with E-state index in [-0.39, 0.29) is 29.9 Å². The number of unbranched alkanes of at least 4 members (excludes halogenated alkanes) is 24. The fourth-order valence-corrected chi connectivity index (χ4v) is 4.57. The van der Waals surface area contributed by atoms with Crippen LogP contribution in [0.25, 0.3) is 0 Å². The molecule has 0 N–H and O–H groups in total. The number of carboxylic acids is 2. The van der Waals surface area contributed by atoms with Gasteiger partial charge in [0.2, 0.25) is 0 Å². The van der Waals surface area contributed by atoms with E-state index in [2.05, 4.69) is 13.8 Å². The van der Waals surface area contributed by atoms with Gasteiger partial charge in [-0.05, 0) is 25.7 Å². The first-order valence-electron chi connectivity index (χ1n) is 15.9. The van der Waals surface area contributed by atoms with Gasteiger partial charge >= 0.3 is 17.1 Å². The van der Waals surface area contributed by atoms with Crippen molar-refractivity contribution in [3.05, 3.63) is 0 Å². The molecule has 0 heterocycles. The molecular weight excluding hydrogens is 503 g/mol. The fourth-order valence-electron chi connectivity index (χ4n) is 4.57. The quantitative estimate of drug-likeness (QED) is 0.0704. The molecule has 5 heteroatoms. The van der Waals surface area contributed by atoms with Crippen LogP contribution >= 0.6 is 0 Å². The van der Waals surface area contributed by atoms with Gasteiger partial charge in [0, 0.05) is 11.9 Å². The average molecular weight is 566 g/mol. The minimum Gasteiger partial charge on any atom is -0.550 e. The SMILES string of the molecule is CCCCCCCCCCCCCCCC(=O)[O-].CCCCCCCCCCCCCCCC(=O)[O-].[Mn+2]. The number of carbonyl (C=O) groups excluding carboxylic acids is 2. The number of carboxylic acid groups (broad SMARTS) is 2. The topological polar surface area (TPSA) is 80.3 Å². The Morgan fingerprint density at radius 2 is 0.514 bits per heavy atom. The average Bonchev–Trinajstić information content (AvgIpc) is 2.85. The van der Waals surface area contributed by atoms with Gasteiger partial charge in [-0.3, -0.25) is 0 Å². The molecule has 0 saturated carbocycles. The molecule has 37 heavy (non-hydrogen) atoms. The molecule has 0 aliphatic rings. The van der Waals surface area contributed by atoms with Gasteiger partial charge in [-0.2, -0.15) is 0 Å². The molecule has 0 bridgehead atoms. The van der Waals surface area contributed by atoms with Crippen molar-refractivity contribution in [1.82, 2.24) is 0 Å². The van der Waals surface area contributed by atoms with E-state index < -0.39 is 11.9 Å². The Morgan fingerprint density at radius 1 is 0.351 bits per heavy atom. The van der Waals surface area contributed by atoms with Crippen molar-refractivity contribution in [2.75, 3.05) is 0 Å². The molecule has 0 unspecified atom stereocenters. The van der Waals surface area contributed by atoms with Crippen LogP contribution in [0.15, 0.2) is 0 Å². The molecule has 0 amide bonds. The molecule has 4 nitrogen and oxygen atoms in total. The largest absolute Gasteiger partial charge is 2.00 e. The van der Waals surface area contributed by atoms with E-state index in [1.54, 1.807) is 0 Å². The Labute approximate surface area is 242 Å². The first-order chi connectivity index (χ1) is 17.5. The first kappa shape index (κ1) is 40.9. The predicted octanol–water partition coefficient (Wildman–Crippen LogP) is 8.43.